The Balaban J connectivity index is 2.65. The van der Waals surface area contributed by atoms with Crippen molar-refractivity contribution < 1.29 is 4.74 Å². The average molecular weight is 207 g/mol. The Bertz CT molecular complexity index is 296. The predicted octanol–water partition coefficient (Wildman–Crippen LogP) is 3.08. The summed E-state index contributed by atoms with van der Waals surface area (Å²) in [5.74, 6) is 0.561. The summed E-state index contributed by atoms with van der Waals surface area (Å²) in [4.78, 5) is 0. The van der Waals surface area contributed by atoms with Gasteiger partial charge in [0.15, 0.2) is 0 Å². The second-order valence-corrected chi connectivity index (χ2v) is 4.32. The van der Waals surface area contributed by atoms with Crippen LogP contribution in [0.1, 0.15) is 19.4 Å². The fourth-order valence-corrected chi connectivity index (χ4v) is 1.53. The maximum Gasteiger partial charge on any atom is 0.0666 e. The van der Waals surface area contributed by atoms with E-state index in [1.165, 1.54) is 11.3 Å². The molecule has 84 valence electrons. The molecule has 2 heteroatoms. The number of nitrogens with one attached hydrogen (secondary N) is 1. The van der Waals surface area contributed by atoms with Crippen LogP contribution in [0.25, 0.3) is 0 Å². The molecule has 1 N–H and O–H groups in total. The largest absolute Gasteiger partial charge is 0.383 e. The average Bonchev–Trinajstić information content (AvgIpc) is 2.17. The molecule has 0 spiro atoms. The Morgan fingerprint density at radius 1 is 1.33 bits per heavy atom. The second kappa shape index (κ2) is 5.76. The van der Waals surface area contributed by atoms with Crippen LogP contribution >= 0.6 is 0 Å². The standard InChI is InChI=1S/C13H21NO/c1-10(2)13(9-15-4)14-12-7-5-6-11(3)8-12/h5-8,10,13-14H,9H2,1-4H3. The third-order valence-corrected chi connectivity index (χ3v) is 2.52. The summed E-state index contributed by atoms with van der Waals surface area (Å²) < 4.78 is 5.21. The minimum Gasteiger partial charge on any atom is -0.383 e. The van der Waals surface area contributed by atoms with Crippen molar-refractivity contribution in [2.45, 2.75) is 26.8 Å². The van der Waals surface area contributed by atoms with Gasteiger partial charge in [0.2, 0.25) is 0 Å². The van der Waals surface area contributed by atoms with E-state index in [0.717, 1.165) is 6.61 Å². The van der Waals surface area contributed by atoms with Gasteiger partial charge in [-0.15, -0.1) is 0 Å². The van der Waals surface area contributed by atoms with Crippen LogP contribution in [-0.2, 0) is 4.74 Å². The molecule has 1 atom stereocenters. The first-order valence-corrected chi connectivity index (χ1v) is 5.45. The lowest BCUT2D eigenvalue weighted by atomic mass is 10.0. The number of benzene rings is 1. The minimum absolute atomic E-state index is 0.372. The maximum absolute atomic E-state index is 5.21. The van der Waals surface area contributed by atoms with Gasteiger partial charge in [0.1, 0.15) is 0 Å². The van der Waals surface area contributed by atoms with Gasteiger partial charge < -0.3 is 10.1 Å². The van der Waals surface area contributed by atoms with E-state index in [4.69, 9.17) is 4.74 Å². The summed E-state index contributed by atoms with van der Waals surface area (Å²) in [6.07, 6.45) is 0. The molecule has 0 fully saturated rings. The Labute approximate surface area is 92.6 Å². The normalized spacial score (nSPS) is 12.9. The molecule has 1 aromatic rings. The van der Waals surface area contributed by atoms with Crippen LogP contribution in [0.4, 0.5) is 5.69 Å². The Morgan fingerprint density at radius 3 is 2.60 bits per heavy atom. The molecule has 1 rings (SSSR count). The van der Waals surface area contributed by atoms with E-state index < -0.39 is 0 Å². The van der Waals surface area contributed by atoms with E-state index in [-0.39, 0.29) is 0 Å². The molecule has 0 saturated heterocycles. The van der Waals surface area contributed by atoms with E-state index in [0.29, 0.717) is 12.0 Å². The van der Waals surface area contributed by atoms with Crippen LogP contribution in [-0.4, -0.2) is 19.8 Å². The zero-order valence-electron chi connectivity index (χ0n) is 10.1. The number of anilines is 1. The number of hydrogen-bond acceptors (Lipinski definition) is 2. The summed E-state index contributed by atoms with van der Waals surface area (Å²) in [5, 5.41) is 3.50. The number of hydrogen-bond donors (Lipinski definition) is 1. The Morgan fingerprint density at radius 2 is 2.07 bits per heavy atom. The van der Waals surface area contributed by atoms with Crippen LogP contribution in [0.2, 0.25) is 0 Å². The lowest BCUT2D eigenvalue weighted by Crippen LogP contribution is -2.30. The molecule has 0 aliphatic rings. The number of ether oxygens (including phenoxy) is 1. The van der Waals surface area contributed by atoms with Crippen molar-refractivity contribution in [2.75, 3.05) is 19.0 Å². The van der Waals surface area contributed by atoms with E-state index in [1.807, 2.05) is 0 Å². The number of rotatable bonds is 5. The highest BCUT2D eigenvalue weighted by atomic mass is 16.5. The highest BCUT2D eigenvalue weighted by Gasteiger charge is 2.12. The smallest absolute Gasteiger partial charge is 0.0666 e. The molecule has 0 aromatic heterocycles. The molecular weight excluding hydrogens is 186 g/mol. The molecule has 0 saturated carbocycles. The zero-order valence-corrected chi connectivity index (χ0v) is 10.1. The molecule has 1 aromatic carbocycles. The lowest BCUT2D eigenvalue weighted by Gasteiger charge is -2.22. The van der Waals surface area contributed by atoms with Crippen molar-refractivity contribution in [2.24, 2.45) is 5.92 Å². The fourth-order valence-electron chi connectivity index (χ4n) is 1.53. The van der Waals surface area contributed by atoms with Crippen molar-refractivity contribution in [1.82, 2.24) is 0 Å². The van der Waals surface area contributed by atoms with Crippen LogP contribution < -0.4 is 5.32 Å². The summed E-state index contributed by atoms with van der Waals surface area (Å²) in [6.45, 7) is 7.25. The van der Waals surface area contributed by atoms with Gasteiger partial charge in [-0.05, 0) is 30.5 Å². The summed E-state index contributed by atoms with van der Waals surface area (Å²) in [7, 11) is 1.74. The third kappa shape index (κ3) is 3.92. The predicted molar refractivity (Wildman–Crippen MR) is 65.3 cm³/mol. The molecule has 0 aliphatic carbocycles. The van der Waals surface area contributed by atoms with E-state index in [1.54, 1.807) is 7.11 Å². The first kappa shape index (κ1) is 12.1. The summed E-state index contributed by atoms with van der Waals surface area (Å²) in [6, 6.07) is 8.80. The maximum atomic E-state index is 5.21. The van der Waals surface area contributed by atoms with E-state index in [9.17, 15) is 0 Å². The molecule has 0 bridgehead atoms. The van der Waals surface area contributed by atoms with Crippen molar-refractivity contribution in [3.8, 4) is 0 Å². The van der Waals surface area contributed by atoms with Gasteiger partial charge in [-0.25, -0.2) is 0 Å². The molecule has 15 heavy (non-hydrogen) atoms. The highest BCUT2D eigenvalue weighted by Crippen LogP contribution is 2.14. The van der Waals surface area contributed by atoms with Crippen LogP contribution in [0, 0.1) is 12.8 Å². The molecule has 0 radical (unpaired) electrons. The monoisotopic (exact) mass is 207 g/mol. The van der Waals surface area contributed by atoms with Gasteiger partial charge >= 0.3 is 0 Å². The fraction of sp³-hybridized carbons (Fsp3) is 0.538. The molecular formula is C13H21NO. The first-order valence-electron chi connectivity index (χ1n) is 5.45. The first-order chi connectivity index (χ1) is 7.13. The van der Waals surface area contributed by atoms with Crippen LogP contribution in [0.3, 0.4) is 0 Å². The number of methoxy groups -OCH3 is 1. The van der Waals surface area contributed by atoms with E-state index >= 15 is 0 Å². The lowest BCUT2D eigenvalue weighted by molar-refractivity contribution is 0.171. The third-order valence-electron chi connectivity index (χ3n) is 2.52. The highest BCUT2D eigenvalue weighted by molar-refractivity contribution is 5.46. The second-order valence-electron chi connectivity index (χ2n) is 4.32. The summed E-state index contributed by atoms with van der Waals surface area (Å²) in [5.41, 5.74) is 2.45. The van der Waals surface area contributed by atoms with Gasteiger partial charge in [0.25, 0.3) is 0 Å². The van der Waals surface area contributed by atoms with Crippen molar-refractivity contribution in [1.29, 1.82) is 0 Å². The van der Waals surface area contributed by atoms with Crippen LogP contribution in [0.5, 0.6) is 0 Å². The quantitative estimate of drug-likeness (QED) is 0.801. The van der Waals surface area contributed by atoms with E-state index in [2.05, 4.69) is 50.4 Å². The van der Waals surface area contributed by atoms with Gasteiger partial charge in [-0.2, -0.15) is 0 Å². The topological polar surface area (TPSA) is 21.3 Å². The van der Waals surface area contributed by atoms with Crippen LogP contribution in [0.15, 0.2) is 24.3 Å². The molecule has 2 nitrogen and oxygen atoms in total. The van der Waals surface area contributed by atoms with Crippen molar-refractivity contribution in [3.63, 3.8) is 0 Å². The zero-order chi connectivity index (χ0) is 11.3. The van der Waals surface area contributed by atoms with Gasteiger partial charge in [-0.3, -0.25) is 0 Å². The Kier molecular flexibility index (Phi) is 4.63. The van der Waals surface area contributed by atoms with Crippen molar-refractivity contribution in [3.05, 3.63) is 29.8 Å². The minimum atomic E-state index is 0.372. The molecule has 1 unspecified atom stereocenters. The van der Waals surface area contributed by atoms with Crippen molar-refractivity contribution >= 4 is 5.69 Å². The molecule has 0 heterocycles. The number of aryl methyl sites for hydroxylation is 1. The molecule has 0 amide bonds. The molecule has 0 aliphatic heterocycles. The van der Waals surface area contributed by atoms with Gasteiger partial charge in [-0.1, -0.05) is 26.0 Å². The van der Waals surface area contributed by atoms with Gasteiger partial charge in [0.05, 0.1) is 12.6 Å². The SMILES string of the molecule is COCC(Nc1cccc(C)c1)C(C)C. The Hall–Kier alpha value is -1.02. The van der Waals surface area contributed by atoms with Gasteiger partial charge in [0, 0.05) is 12.8 Å². The summed E-state index contributed by atoms with van der Waals surface area (Å²) >= 11 is 0.